The highest BCUT2D eigenvalue weighted by Gasteiger charge is 2.11. The van der Waals surface area contributed by atoms with Gasteiger partial charge in [-0.3, -0.25) is 0 Å². The van der Waals surface area contributed by atoms with E-state index in [-0.39, 0.29) is 11.5 Å². The number of hydrogen-bond donors (Lipinski definition) is 2. The number of aromatic nitrogens is 1. The number of anilines is 2. The topological polar surface area (TPSA) is 62.2 Å². The molecule has 0 aliphatic carbocycles. The van der Waals surface area contributed by atoms with Gasteiger partial charge in [0, 0.05) is 11.4 Å². The molecule has 0 unspecified atom stereocenters. The van der Waals surface area contributed by atoms with Gasteiger partial charge in [-0.05, 0) is 43.5 Å². The highest BCUT2D eigenvalue weighted by Crippen LogP contribution is 2.23. The van der Waals surface area contributed by atoms with Crippen molar-refractivity contribution in [2.75, 3.05) is 5.32 Å². The van der Waals surface area contributed by atoms with Crippen LogP contribution in [0.3, 0.4) is 0 Å². The van der Waals surface area contributed by atoms with Crippen LogP contribution in [0.4, 0.5) is 11.5 Å². The Labute approximate surface area is 124 Å². The summed E-state index contributed by atoms with van der Waals surface area (Å²) in [6.07, 6.45) is 0. The molecule has 0 fully saturated rings. The van der Waals surface area contributed by atoms with Crippen LogP contribution in [0.2, 0.25) is 0 Å². The smallest absolute Gasteiger partial charge is 0.335 e. The van der Waals surface area contributed by atoms with Gasteiger partial charge in [0.25, 0.3) is 0 Å². The molecule has 4 heteroatoms. The first-order chi connectivity index (χ1) is 9.86. The number of rotatable bonds is 4. The molecule has 0 amide bonds. The zero-order valence-electron chi connectivity index (χ0n) is 12.8. The van der Waals surface area contributed by atoms with Gasteiger partial charge in [0.05, 0.1) is 5.56 Å². The maximum atomic E-state index is 11.2. The van der Waals surface area contributed by atoms with Crippen molar-refractivity contribution >= 4 is 17.5 Å². The monoisotopic (exact) mass is 284 g/mol. The summed E-state index contributed by atoms with van der Waals surface area (Å²) >= 11 is 0. The molecular formula is C17H20N2O2. The van der Waals surface area contributed by atoms with E-state index < -0.39 is 5.97 Å². The summed E-state index contributed by atoms with van der Waals surface area (Å²) in [4.78, 5) is 15.7. The molecule has 2 rings (SSSR count). The minimum atomic E-state index is -0.942. The van der Waals surface area contributed by atoms with Gasteiger partial charge < -0.3 is 10.4 Å². The predicted octanol–water partition coefficient (Wildman–Crippen LogP) is 4.26. The van der Waals surface area contributed by atoms with Crippen molar-refractivity contribution in [3.8, 4) is 0 Å². The van der Waals surface area contributed by atoms with Crippen molar-refractivity contribution in [1.82, 2.24) is 4.98 Å². The number of nitrogens with one attached hydrogen (secondary N) is 1. The molecule has 4 nitrogen and oxygen atoms in total. The molecule has 0 atom stereocenters. The average Bonchev–Trinajstić information content (AvgIpc) is 2.41. The number of hydrogen-bond acceptors (Lipinski definition) is 3. The molecule has 0 bridgehead atoms. The quantitative estimate of drug-likeness (QED) is 0.880. The Hall–Kier alpha value is -2.36. The van der Waals surface area contributed by atoms with Crippen molar-refractivity contribution in [2.45, 2.75) is 33.6 Å². The first-order valence-electron chi connectivity index (χ1n) is 6.96. The number of carboxylic acids is 1. The first kappa shape index (κ1) is 15.0. The van der Waals surface area contributed by atoms with Gasteiger partial charge in [0.2, 0.25) is 0 Å². The molecule has 0 aliphatic heterocycles. The molecule has 1 aromatic carbocycles. The van der Waals surface area contributed by atoms with Gasteiger partial charge in [-0.15, -0.1) is 0 Å². The Bertz CT molecular complexity index is 678. The number of carbonyl (C=O) groups is 1. The molecule has 0 spiro atoms. The van der Waals surface area contributed by atoms with Crippen molar-refractivity contribution in [3.63, 3.8) is 0 Å². The van der Waals surface area contributed by atoms with Crippen LogP contribution < -0.4 is 5.32 Å². The van der Waals surface area contributed by atoms with E-state index in [1.165, 1.54) is 5.56 Å². The zero-order valence-corrected chi connectivity index (χ0v) is 12.8. The maximum Gasteiger partial charge on any atom is 0.335 e. The summed E-state index contributed by atoms with van der Waals surface area (Å²) < 4.78 is 0. The van der Waals surface area contributed by atoms with E-state index in [0.717, 1.165) is 16.9 Å². The minimum Gasteiger partial charge on any atom is -0.478 e. The van der Waals surface area contributed by atoms with E-state index in [4.69, 9.17) is 0 Å². The van der Waals surface area contributed by atoms with Crippen LogP contribution in [0.5, 0.6) is 0 Å². The Balaban J connectivity index is 2.41. The lowest BCUT2D eigenvalue weighted by atomic mass is 10.1. The van der Waals surface area contributed by atoms with Gasteiger partial charge in [-0.1, -0.05) is 31.5 Å². The number of aromatic carboxylic acids is 1. The lowest BCUT2D eigenvalue weighted by Gasteiger charge is -2.13. The Morgan fingerprint density at radius 2 is 1.90 bits per heavy atom. The molecule has 1 aromatic heterocycles. The van der Waals surface area contributed by atoms with E-state index in [0.29, 0.717) is 5.82 Å². The van der Waals surface area contributed by atoms with Gasteiger partial charge in [0.15, 0.2) is 0 Å². The first-order valence-corrected chi connectivity index (χ1v) is 6.96. The van der Waals surface area contributed by atoms with Crippen LogP contribution >= 0.6 is 0 Å². The van der Waals surface area contributed by atoms with Gasteiger partial charge in [0.1, 0.15) is 5.82 Å². The largest absolute Gasteiger partial charge is 0.478 e. The SMILES string of the molecule is Cc1ccc(Nc2cc(C(=O)O)cc(C(C)C)n2)c(C)c1. The molecule has 0 saturated heterocycles. The highest BCUT2D eigenvalue weighted by atomic mass is 16.4. The molecule has 0 radical (unpaired) electrons. The fraction of sp³-hybridized carbons (Fsp3) is 0.294. The second kappa shape index (κ2) is 5.95. The highest BCUT2D eigenvalue weighted by molar-refractivity contribution is 5.89. The number of benzene rings is 1. The molecular weight excluding hydrogens is 264 g/mol. The van der Waals surface area contributed by atoms with E-state index in [2.05, 4.69) is 16.4 Å². The molecule has 0 aliphatic rings. The molecule has 110 valence electrons. The summed E-state index contributed by atoms with van der Waals surface area (Å²) in [7, 11) is 0. The summed E-state index contributed by atoms with van der Waals surface area (Å²) in [5.74, 6) is -0.211. The summed E-state index contributed by atoms with van der Waals surface area (Å²) in [5, 5.41) is 12.4. The normalized spacial score (nSPS) is 10.7. The van der Waals surface area contributed by atoms with Crippen molar-refractivity contribution in [3.05, 3.63) is 52.7 Å². The fourth-order valence-electron chi connectivity index (χ4n) is 2.13. The predicted molar refractivity (Wildman–Crippen MR) is 84.5 cm³/mol. The molecule has 21 heavy (non-hydrogen) atoms. The second-order valence-electron chi connectivity index (χ2n) is 5.57. The lowest BCUT2D eigenvalue weighted by molar-refractivity contribution is 0.0696. The number of nitrogens with zero attached hydrogens (tertiary/aromatic N) is 1. The molecule has 1 heterocycles. The Morgan fingerprint density at radius 1 is 1.19 bits per heavy atom. The van der Waals surface area contributed by atoms with E-state index in [9.17, 15) is 9.90 Å². The fourth-order valence-corrected chi connectivity index (χ4v) is 2.13. The summed E-state index contributed by atoms with van der Waals surface area (Å²) in [6, 6.07) is 9.26. The van der Waals surface area contributed by atoms with Gasteiger partial charge >= 0.3 is 5.97 Å². The third-order valence-electron chi connectivity index (χ3n) is 3.33. The second-order valence-corrected chi connectivity index (χ2v) is 5.57. The van der Waals surface area contributed by atoms with E-state index in [1.54, 1.807) is 12.1 Å². The maximum absolute atomic E-state index is 11.2. The average molecular weight is 284 g/mol. The Kier molecular flexibility index (Phi) is 4.26. The summed E-state index contributed by atoms with van der Waals surface area (Å²) in [6.45, 7) is 8.04. The zero-order chi connectivity index (χ0) is 15.6. The van der Waals surface area contributed by atoms with Crippen LogP contribution in [0, 0.1) is 13.8 Å². The Morgan fingerprint density at radius 3 is 2.48 bits per heavy atom. The number of aryl methyl sites for hydroxylation is 2. The third-order valence-corrected chi connectivity index (χ3v) is 3.33. The van der Waals surface area contributed by atoms with Crippen LogP contribution in [0.25, 0.3) is 0 Å². The van der Waals surface area contributed by atoms with Crippen LogP contribution in [-0.4, -0.2) is 16.1 Å². The van der Waals surface area contributed by atoms with Crippen LogP contribution in [0.15, 0.2) is 30.3 Å². The number of carboxylic acid groups (broad SMARTS) is 1. The van der Waals surface area contributed by atoms with Crippen LogP contribution in [-0.2, 0) is 0 Å². The van der Waals surface area contributed by atoms with Gasteiger partial charge in [-0.25, -0.2) is 9.78 Å². The lowest BCUT2D eigenvalue weighted by Crippen LogP contribution is -2.05. The standard InChI is InChI=1S/C17H20N2O2/c1-10(2)15-8-13(17(20)21)9-16(19-15)18-14-6-5-11(3)7-12(14)4/h5-10H,1-4H3,(H,18,19)(H,20,21). The minimum absolute atomic E-state index is 0.170. The van der Waals surface area contributed by atoms with E-state index >= 15 is 0 Å². The molecule has 2 N–H and O–H groups in total. The van der Waals surface area contributed by atoms with Crippen molar-refractivity contribution in [2.24, 2.45) is 0 Å². The summed E-state index contributed by atoms with van der Waals surface area (Å²) in [5.41, 5.74) is 4.24. The number of pyridine rings is 1. The van der Waals surface area contributed by atoms with Crippen molar-refractivity contribution < 1.29 is 9.90 Å². The van der Waals surface area contributed by atoms with E-state index in [1.807, 2.05) is 39.8 Å². The third kappa shape index (κ3) is 3.60. The van der Waals surface area contributed by atoms with Crippen molar-refractivity contribution in [1.29, 1.82) is 0 Å². The van der Waals surface area contributed by atoms with Gasteiger partial charge in [-0.2, -0.15) is 0 Å². The molecule has 2 aromatic rings. The molecule has 0 saturated carbocycles. The van der Waals surface area contributed by atoms with Crippen LogP contribution in [0.1, 0.15) is 46.9 Å².